The second-order valence-corrected chi connectivity index (χ2v) is 10.5. The number of carbonyl (C=O) groups is 1. The van der Waals surface area contributed by atoms with Gasteiger partial charge in [0.25, 0.3) is 0 Å². The quantitative estimate of drug-likeness (QED) is 0.267. The molecule has 0 spiro atoms. The summed E-state index contributed by atoms with van der Waals surface area (Å²) in [5.74, 6) is -0.309. The van der Waals surface area contributed by atoms with Gasteiger partial charge in [-0.25, -0.2) is 0 Å². The van der Waals surface area contributed by atoms with Crippen molar-refractivity contribution in [2.24, 2.45) is 0 Å². The van der Waals surface area contributed by atoms with E-state index in [1.165, 1.54) is 4.46 Å². The van der Waals surface area contributed by atoms with Gasteiger partial charge in [-0.05, 0) is 0 Å². The Labute approximate surface area is 180 Å². The van der Waals surface area contributed by atoms with Crippen molar-refractivity contribution in [3.63, 3.8) is 0 Å². The third-order valence-corrected chi connectivity index (χ3v) is 8.46. The Kier molecular flexibility index (Phi) is 8.44. The number of hydrogen-bond acceptors (Lipinski definition) is 3. The zero-order chi connectivity index (χ0) is 20.3. The molecule has 0 heterocycles. The van der Waals surface area contributed by atoms with Crippen LogP contribution >= 0.6 is 0 Å². The average molecular weight is 469 g/mol. The molecule has 3 rings (SSSR count). The maximum atomic E-state index is 13.1. The van der Waals surface area contributed by atoms with Crippen molar-refractivity contribution < 1.29 is 13.7 Å². The van der Waals surface area contributed by atoms with Gasteiger partial charge in [0, 0.05) is 0 Å². The minimum atomic E-state index is -1.18. The number of carbonyl (C=O) groups excluding carboxylic acids is 1. The molecule has 3 nitrogen and oxygen atoms in total. The molecule has 0 aliphatic carbocycles. The number of unbranched alkanes of at least 4 members (excludes halogenated alkanes) is 1. The Hall–Kier alpha value is -2.46. The van der Waals surface area contributed by atoms with Gasteiger partial charge < -0.3 is 0 Å². The van der Waals surface area contributed by atoms with Crippen LogP contribution in [0, 0.1) is 0 Å². The Balaban J connectivity index is 1.60. The van der Waals surface area contributed by atoms with E-state index in [-0.39, 0.29) is 20.9 Å². The van der Waals surface area contributed by atoms with Crippen molar-refractivity contribution in [2.45, 2.75) is 17.7 Å². The van der Waals surface area contributed by atoms with Crippen LogP contribution in [0.4, 0.5) is 0 Å². The molecule has 0 N–H and O–H groups in total. The zero-order valence-corrected chi connectivity index (χ0v) is 18.4. The normalized spacial score (nSPS) is 12.3. The molecule has 0 fully saturated rings. The third-order valence-electron chi connectivity index (χ3n) is 4.00. The summed E-state index contributed by atoms with van der Waals surface area (Å²) >= 11 is -0.0251. The fourth-order valence-corrected chi connectivity index (χ4v) is 6.63. The summed E-state index contributed by atoms with van der Waals surface area (Å²) in [6, 6.07) is 28.6. The molecule has 0 saturated carbocycles. The summed E-state index contributed by atoms with van der Waals surface area (Å²) < 4.78 is 20.5. The summed E-state index contributed by atoms with van der Waals surface area (Å²) in [5.41, 5.74) is 0.557. The number of ether oxygens (including phenoxy) is 1. The van der Waals surface area contributed by atoms with Gasteiger partial charge in [0.05, 0.1) is 0 Å². The number of hydrogen-bond donors (Lipinski definition) is 0. The Morgan fingerprint density at radius 3 is 2.10 bits per heavy atom. The van der Waals surface area contributed by atoms with Crippen LogP contribution in [0.5, 0.6) is 0 Å². The SMILES string of the molecule is O=C(OCCC/C=C(\[Se]c1ccccc1)S(=O)c1ccccc1)c1ccccc1. The molecule has 0 amide bonds. The van der Waals surface area contributed by atoms with Gasteiger partial charge in [-0.15, -0.1) is 0 Å². The van der Waals surface area contributed by atoms with Gasteiger partial charge in [-0.3, -0.25) is 0 Å². The fraction of sp³-hybridized carbons (Fsp3) is 0.125. The van der Waals surface area contributed by atoms with E-state index in [1.807, 2.05) is 72.8 Å². The minimum absolute atomic E-state index is 0.0251. The van der Waals surface area contributed by atoms with Crippen molar-refractivity contribution in [3.8, 4) is 0 Å². The molecule has 0 radical (unpaired) electrons. The molecule has 5 heteroatoms. The molecule has 0 aliphatic heterocycles. The summed E-state index contributed by atoms with van der Waals surface area (Å²) in [6.07, 6.45) is 3.45. The van der Waals surface area contributed by atoms with Crippen molar-refractivity contribution in [3.05, 3.63) is 106 Å². The fourth-order valence-electron chi connectivity index (χ4n) is 2.55. The van der Waals surface area contributed by atoms with E-state index < -0.39 is 10.8 Å². The molecular formula is C24H22O3SSe. The number of esters is 1. The molecule has 0 aliphatic rings. The molecule has 1 unspecified atom stereocenters. The molecule has 0 bridgehead atoms. The van der Waals surface area contributed by atoms with Crippen molar-refractivity contribution in [1.82, 2.24) is 0 Å². The number of allylic oxidation sites excluding steroid dienone is 1. The summed E-state index contributed by atoms with van der Waals surface area (Å²) in [5, 5.41) is 0. The molecule has 3 aromatic carbocycles. The first-order valence-corrected chi connectivity index (χ1v) is 12.2. The van der Waals surface area contributed by atoms with E-state index in [0.717, 1.165) is 8.70 Å². The van der Waals surface area contributed by atoms with Gasteiger partial charge in [0.15, 0.2) is 0 Å². The predicted octanol–water partition coefficient (Wildman–Crippen LogP) is 4.30. The second-order valence-electron chi connectivity index (χ2n) is 6.16. The first kappa shape index (κ1) is 21.3. The summed E-state index contributed by atoms with van der Waals surface area (Å²) in [4.78, 5) is 12.8. The average Bonchev–Trinajstić information content (AvgIpc) is 2.79. The molecule has 0 saturated heterocycles. The Bertz CT molecular complexity index is 957. The Morgan fingerprint density at radius 2 is 1.45 bits per heavy atom. The van der Waals surface area contributed by atoms with Gasteiger partial charge >= 0.3 is 181 Å². The molecule has 1 atom stereocenters. The summed E-state index contributed by atoms with van der Waals surface area (Å²) in [7, 11) is -1.18. The van der Waals surface area contributed by atoms with Crippen molar-refractivity contribution in [1.29, 1.82) is 0 Å². The van der Waals surface area contributed by atoms with Crippen LogP contribution in [0.25, 0.3) is 0 Å². The maximum absolute atomic E-state index is 13.1. The van der Waals surface area contributed by atoms with Crippen molar-refractivity contribution in [2.75, 3.05) is 6.61 Å². The van der Waals surface area contributed by atoms with E-state index in [4.69, 9.17) is 4.74 Å². The second kappa shape index (κ2) is 11.5. The predicted molar refractivity (Wildman–Crippen MR) is 119 cm³/mol. The van der Waals surface area contributed by atoms with Gasteiger partial charge in [-0.1, -0.05) is 0 Å². The van der Waals surface area contributed by atoms with Crippen LogP contribution in [0.1, 0.15) is 23.2 Å². The van der Waals surface area contributed by atoms with Gasteiger partial charge in [0.1, 0.15) is 0 Å². The topological polar surface area (TPSA) is 43.4 Å². The van der Waals surface area contributed by atoms with Crippen molar-refractivity contribution >= 4 is 36.2 Å². The monoisotopic (exact) mass is 470 g/mol. The van der Waals surface area contributed by atoms with Crippen LogP contribution < -0.4 is 4.46 Å². The van der Waals surface area contributed by atoms with Gasteiger partial charge in [-0.2, -0.15) is 0 Å². The first-order valence-electron chi connectivity index (χ1n) is 9.36. The van der Waals surface area contributed by atoms with Gasteiger partial charge in [0.2, 0.25) is 0 Å². The van der Waals surface area contributed by atoms with Crippen LogP contribution in [0.15, 0.2) is 106 Å². The third kappa shape index (κ3) is 6.82. The van der Waals surface area contributed by atoms with E-state index in [1.54, 1.807) is 12.1 Å². The first-order chi connectivity index (χ1) is 14.2. The van der Waals surface area contributed by atoms with E-state index in [9.17, 15) is 9.00 Å². The molecule has 3 aromatic rings. The van der Waals surface area contributed by atoms with Crippen LogP contribution in [-0.2, 0) is 15.5 Å². The van der Waals surface area contributed by atoms with E-state index >= 15 is 0 Å². The molecular weight excluding hydrogens is 447 g/mol. The van der Waals surface area contributed by atoms with E-state index in [2.05, 4.69) is 12.1 Å². The molecule has 29 heavy (non-hydrogen) atoms. The standard InChI is InChI=1S/C24H22O3SSe/c25-24(20-12-4-1-5-13-20)27-19-11-10-18-23(29-22-16-8-3-9-17-22)28(26)21-14-6-2-7-15-21/h1-9,12-18H,10-11,19H2/b23-18-. The Morgan fingerprint density at radius 1 is 0.862 bits per heavy atom. The zero-order valence-electron chi connectivity index (χ0n) is 15.9. The molecule has 0 aromatic heterocycles. The van der Waals surface area contributed by atoms with Crippen LogP contribution in [0.3, 0.4) is 0 Å². The number of rotatable bonds is 9. The summed E-state index contributed by atoms with van der Waals surface area (Å²) in [6.45, 7) is 0.341. The van der Waals surface area contributed by atoms with E-state index in [0.29, 0.717) is 25.0 Å². The van der Waals surface area contributed by atoms with Crippen LogP contribution in [-0.4, -0.2) is 31.7 Å². The number of benzene rings is 3. The van der Waals surface area contributed by atoms with Crippen LogP contribution in [0.2, 0.25) is 0 Å². The molecule has 148 valence electrons.